The van der Waals surface area contributed by atoms with Gasteiger partial charge in [0, 0.05) is 37.1 Å². The lowest BCUT2D eigenvalue weighted by Crippen LogP contribution is -2.50. The summed E-state index contributed by atoms with van der Waals surface area (Å²) in [6.07, 6.45) is 0. The molecule has 1 saturated heterocycles. The van der Waals surface area contributed by atoms with Gasteiger partial charge in [0.1, 0.15) is 5.58 Å². The zero-order valence-corrected chi connectivity index (χ0v) is 18.1. The fourth-order valence-corrected chi connectivity index (χ4v) is 4.06. The second-order valence-electron chi connectivity index (χ2n) is 7.63. The van der Waals surface area contributed by atoms with Gasteiger partial charge in [-0.15, -0.1) is 0 Å². The average molecular weight is 455 g/mol. The summed E-state index contributed by atoms with van der Waals surface area (Å²) in [6, 6.07) is 15.3. The highest BCUT2D eigenvalue weighted by atomic mass is 79.9. The van der Waals surface area contributed by atoms with E-state index >= 15 is 0 Å². The standard InChI is InChI=1S/C23H23BrN2O3/c1-15(2)16-6-8-17(9-7-16)22(27)25-10-12-26(13-11-25)23(28)20-14-18-4-3-5-19(24)21(18)29-20/h3-9,14-15H,10-13H2,1-2H3. The van der Waals surface area contributed by atoms with E-state index in [0.717, 1.165) is 9.86 Å². The Balaban J connectivity index is 1.41. The van der Waals surface area contributed by atoms with E-state index in [2.05, 4.69) is 29.8 Å². The van der Waals surface area contributed by atoms with Crippen molar-refractivity contribution in [2.45, 2.75) is 19.8 Å². The maximum Gasteiger partial charge on any atom is 0.289 e. The Hall–Kier alpha value is -2.60. The molecule has 2 aromatic carbocycles. The zero-order valence-electron chi connectivity index (χ0n) is 16.5. The van der Waals surface area contributed by atoms with Crippen molar-refractivity contribution < 1.29 is 14.0 Å². The van der Waals surface area contributed by atoms with Gasteiger partial charge in [-0.3, -0.25) is 9.59 Å². The van der Waals surface area contributed by atoms with Gasteiger partial charge >= 0.3 is 0 Å². The minimum atomic E-state index is -0.138. The van der Waals surface area contributed by atoms with E-state index in [0.29, 0.717) is 49.0 Å². The van der Waals surface area contributed by atoms with E-state index in [-0.39, 0.29) is 11.8 Å². The van der Waals surface area contributed by atoms with Crippen molar-refractivity contribution in [2.24, 2.45) is 0 Å². The maximum absolute atomic E-state index is 12.8. The number of carbonyl (C=O) groups excluding carboxylic acids is 2. The Bertz CT molecular complexity index is 1050. The summed E-state index contributed by atoms with van der Waals surface area (Å²) in [4.78, 5) is 29.2. The van der Waals surface area contributed by atoms with Gasteiger partial charge in [-0.1, -0.05) is 38.1 Å². The van der Waals surface area contributed by atoms with Gasteiger partial charge in [0.15, 0.2) is 5.76 Å². The molecule has 1 aromatic heterocycles. The molecule has 0 atom stereocenters. The van der Waals surface area contributed by atoms with Crippen molar-refractivity contribution >= 4 is 38.7 Å². The largest absolute Gasteiger partial charge is 0.450 e. The number of carbonyl (C=O) groups is 2. The molecule has 2 heterocycles. The van der Waals surface area contributed by atoms with Gasteiger partial charge < -0.3 is 14.2 Å². The lowest BCUT2D eigenvalue weighted by atomic mass is 10.0. The third-order valence-corrected chi connectivity index (χ3v) is 6.01. The van der Waals surface area contributed by atoms with Gasteiger partial charge in [0.05, 0.1) is 4.47 Å². The van der Waals surface area contributed by atoms with Crippen LogP contribution < -0.4 is 0 Å². The van der Waals surface area contributed by atoms with Crippen molar-refractivity contribution in [3.05, 3.63) is 69.9 Å². The number of rotatable bonds is 3. The van der Waals surface area contributed by atoms with Crippen LogP contribution in [-0.2, 0) is 0 Å². The van der Waals surface area contributed by atoms with E-state index in [1.165, 1.54) is 5.56 Å². The molecule has 1 fully saturated rings. The van der Waals surface area contributed by atoms with Crippen LogP contribution in [0.15, 0.2) is 57.4 Å². The number of hydrogen-bond donors (Lipinski definition) is 0. The first-order chi connectivity index (χ1) is 13.9. The van der Waals surface area contributed by atoms with Crippen molar-refractivity contribution in [3.8, 4) is 0 Å². The van der Waals surface area contributed by atoms with Crippen LogP contribution in [0.2, 0.25) is 0 Å². The Morgan fingerprint density at radius 1 is 0.931 bits per heavy atom. The fourth-order valence-electron chi connectivity index (χ4n) is 3.59. The maximum atomic E-state index is 12.8. The molecule has 0 unspecified atom stereocenters. The number of nitrogens with zero attached hydrogens (tertiary/aromatic N) is 2. The fraction of sp³-hybridized carbons (Fsp3) is 0.304. The number of amides is 2. The molecule has 0 radical (unpaired) electrons. The first kappa shape index (κ1) is 19.7. The van der Waals surface area contributed by atoms with Crippen LogP contribution in [0.25, 0.3) is 11.0 Å². The number of fused-ring (bicyclic) bond motifs is 1. The SMILES string of the molecule is CC(C)c1ccc(C(=O)N2CCN(C(=O)c3cc4cccc(Br)c4o3)CC2)cc1. The minimum absolute atomic E-state index is 0.0140. The molecule has 0 N–H and O–H groups in total. The summed E-state index contributed by atoms with van der Waals surface area (Å²) in [6.45, 7) is 6.28. The number of hydrogen-bond acceptors (Lipinski definition) is 3. The summed E-state index contributed by atoms with van der Waals surface area (Å²) in [5.41, 5.74) is 2.58. The summed E-state index contributed by atoms with van der Waals surface area (Å²) >= 11 is 3.45. The summed E-state index contributed by atoms with van der Waals surface area (Å²) < 4.78 is 6.60. The highest BCUT2D eigenvalue weighted by Gasteiger charge is 2.27. The Morgan fingerprint density at radius 2 is 1.55 bits per heavy atom. The van der Waals surface area contributed by atoms with Gasteiger partial charge in [0.25, 0.3) is 11.8 Å². The van der Waals surface area contributed by atoms with Crippen LogP contribution in [0.4, 0.5) is 0 Å². The topological polar surface area (TPSA) is 53.8 Å². The molecule has 4 rings (SSSR count). The molecular weight excluding hydrogens is 432 g/mol. The third-order valence-electron chi connectivity index (χ3n) is 5.39. The molecule has 150 valence electrons. The normalized spacial score (nSPS) is 14.6. The van der Waals surface area contributed by atoms with Crippen LogP contribution in [0.3, 0.4) is 0 Å². The van der Waals surface area contributed by atoms with Gasteiger partial charge in [0.2, 0.25) is 0 Å². The van der Waals surface area contributed by atoms with E-state index in [1.807, 2.05) is 47.4 Å². The number of para-hydroxylation sites is 1. The molecule has 0 aliphatic carbocycles. The molecular formula is C23H23BrN2O3. The zero-order chi connectivity index (χ0) is 20.5. The lowest BCUT2D eigenvalue weighted by Gasteiger charge is -2.34. The average Bonchev–Trinajstić information content (AvgIpc) is 3.19. The van der Waals surface area contributed by atoms with Crippen LogP contribution in [0, 0.1) is 0 Å². The first-order valence-corrected chi connectivity index (χ1v) is 10.6. The third kappa shape index (κ3) is 3.94. The van der Waals surface area contributed by atoms with E-state index in [9.17, 15) is 9.59 Å². The van der Waals surface area contributed by atoms with Crippen LogP contribution in [0.5, 0.6) is 0 Å². The monoisotopic (exact) mass is 454 g/mol. The molecule has 5 nitrogen and oxygen atoms in total. The van der Waals surface area contributed by atoms with Crippen molar-refractivity contribution in [3.63, 3.8) is 0 Å². The van der Waals surface area contributed by atoms with Gasteiger partial charge in [-0.2, -0.15) is 0 Å². The molecule has 1 aliphatic rings. The molecule has 0 saturated carbocycles. The highest BCUT2D eigenvalue weighted by molar-refractivity contribution is 9.10. The summed E-state index contributed by atoms with van der Waals surface area (Å²) in [7, 11) is 0. The smallest absolute Gasteiger partial charge is 0.289 e. The predicted molar refractivity (Wildman–Crippen MR) is 116 cm³/mol. The molecule has 29 heavy (non-hydrogen) atoms. The Labute approximate surface area is 178 Å². The summed E-state index contributed by atoms with van der Waals surface area (Å²) in [5.74, 6) is 0.644. The minimum Gasteiger partial charge on any atom is -0.450 e. The Morgan fingerprint density at radius 3 is 2.14 bits per heavy atom. The van der Waals surface area contributed by atoms with Gasteiger partial charge in [-0.25, -0.2) is 0 Å². The quantitative estimate of drug-likeness (QED) is 0.564. The molecule has 0 spiro atoms. The lowest BCUT2D eigenvalue weighted by molar-refractivity contribution is 0.0519. The molecule has 6 heteroatoms. The molecule has 0 bridgehead atoms. The van der Waals surface area contributed by atoms with E-state index in [1.54, 1.807) is 11.0 Å². The highest BCUT2D eigenvalue weighted by Crippen LogP contribution is 2.27. The van der Waals surface area contributed by atoms with E-state index < -0.39 is 0 Å². The number of benzene rings is 2. The van der Waals surface area contributed by atoms with Crippen LogP contribution in [-0.4, -0.2) is 47.8 Å². The molecule has 3 aromatic rings. The van der Waals surface area contributed by atoms with Crippen molar-refractivity contribution in [1.29, 1.82) is 0 Å². The van der Waals surface area contributed by atoms with Crippen molar-refractivity contribution in [2.75, 3.05) is 26.2 Å². The van der Waals surface area contributed by atoms with Gasteiger partial charge in [-0.05, 0) is 51.7 Å². The molecule has 2 amide bonds. The summed E-state index contributed by atoms with van der Waals surface area (Å²) in [5, 5.41) is 0.890. The predicted octanol–water partition coefficient (Wildman–Crippen LogP) is 4.92. The Kier molecular flexibility index (Phi) is 5.46. The van der Waals surface area contributed by atoms with Crippen molar-refractivity contribution in [1.82, 2.24) is 9.80 Å². The van der Waals surface area contributed by atoms with E-state index in [4.69, 9.17) is 4.42 Å². The number of halogens is 1. The first-order valence-electron chi connectivity index (χ1n) is 9.80. The van der Waals surface area contributed by atoms with Crippen LogP contribution >= 0.6 is 15.9 Å². The second-order valence-corrected chi connectivity index (χ2v) is 8.48. The molecule has 1 aliphatic heterocycles. The number of furan rings is 1. The van der Waals surface area contributed by atoms with Crippen LogP contribution in [0.1, 0.15) is 46.2 Å². The number of piperazine rings is 1. The second kappa shape index (κ2) is 8.03.